The quantitative estimate of drug-likeness (QED) is 0.618. The van der Waals surface area contributed by atoms with Gasteiger partial charge in [-0.2, -0.15) is 0 Å². The summed E-state index contributed by atoms with van der Waals surface area (Å²) in [5, 5.41) is 0. The molecule has 0 radical (unpaired) electrons. The molecule has 2 aliphatic heterocycles. The van der Waals surface area contributed by atoms with Crippen molar-refractivity contribution in [2.75, 3.05) is 32.8 Å². The minimum atomic E-state index is -0.264. The molecule has 0 atom stereocenters. The number of carbonyl (C=O) groups excluding carboxylic acids is 2. The van der Waals surface area contributed by atoms with E-state index in [0.717, 1.165) is 31.5 Å². The number of amides is 1. The third kappa shape index (κ3) is 5.74. The third-order valence-electron chi connectivity index (χ3n) is 6.44. The molecule has 6 nitrogen and oxygen atoms in total. The van der Waals surface area contributed by atoms with Gasteiger partial charge in [-0.1, -0.05) is 30.3 Å². The monoisotopic (exact) mass is 450 g/mol. The highest BCUT2D eigenvalue weighted by atomic mass is 16.6. The molecule has 1 amide bonds. The van der Waals surface area contributed by atoms with Crippen LogP contribution in [0.4, 0.5) is 0 Å². The molecule has 0 aromatic heterocycles. The van der Waals surface area contributed by atoms with Crippen LogP contribution in [0.3, 0.4) is 0 Å². The average Bonchev–Trinajstić information content (AvgIpc) is 2.82. The Morgan fingerprint density at radius 3 is 2.30 bits per heavy atom. The Morgan fingerprint density at radius 2 is 1.64 bits per heavy atom. The number of likely N-dealkylation sites (tertiary alicyclic amines) is 1. The fraction of sp³-hybridized carbons (Fsp3) is 0.481. The maximum atomic E-state index is 13.2. The summed E-state index contributed by atoms with van der Waals surface area (Å²) < 4.78 is 11.2. The molecule has 2 aromatic carbocycles. The van der Waals surface area contributed by atoms with Crippen molar-refractivity contribution in [2.45, 2.75) is 45.7 Å². The number of benzene rings is 2. The van der Waals surface area contributed by atoms with Crippen molar-refractivity contribution in [3.05, 3.63) is 59.7 Å². The number of hydrogen-bond acceptors (Lipinski definition) is 5. The van der Waals surface area contributed by atoms with E-state index in [-0.39, 0.29) is 23.1 Å². The summed E-state index contributed by atoms with van der Waals surface area (Å²) in [5.41, 5.74) is 1.54. The van der Waals surface area contributed by atoms with Crippen LogP contribution in [-0.2, 0) is 11.3 Å². The van der Waals surface area contributed by atoms with E-state index in [2.05, 4.69) is 37.8 Å². The zero-order valence-corrected chi connectivity index (χ0v) is 19.9. The van der Waals surface area contributed by atoms with Crippen molar-refractivity contribution < 1.29 is 19.1 Å². The second-order valence-electron chi connectivity index (χ2n) is 9.91. The molecule has 33 heavy (non-hydrogen) atoms. The van der Waals surface area contributed by atoms with Crippen LogP contribution in [0.1, 0.15) is 49.5 Å². The summed E-state index contributed by atoms with van der Waals surface area (Å²) in [4.78, 5) is 30.4. The summed E-state index contributed by atoms with van der Waals surface area (Å²) in [7, 11) is 0. The first kappa shape index (κ1) is 23.3. The molecular formula is C27H34N2O4. The van der Waals surface area contributed by atoms with Gasteiger partial charge in [0.2, 0.25) is 5.91 Å². The van der Waals surface area contributed by atoms with Gasteiger partial charge in [-0.3, -0.25) is 14.5 Å². The van der Waals surface area contributed by atoms with Gasteiger partial charge in [-0.05, 0) is 70.5 Å². The van der Waals surface area contributed by atoms with Gasteiger partial charge in [0.15, 0.2) is 17.3 Å². The SMILES string of the molecule is CC(C)(C)N(Cc1ccccc1)C(=O)CN1CCC(C(=O)c2ccc3c(c2)OCCO3)CC1. The fourth-order valence-corrected chi connectivity index (χ4v) is 4.53. The van der Waals surface area contributed by atoms with Crippen molar-refractivity contribution >= 4 is 11.7 Å². The Kier molecular flexibility index (Phi) is 7.03. The van der Waals surface area contributed by atoms with Crippen molar-refractivity contribution in [1.82, 2.24) is 9.80 Å². The molecule has 1 saturated heterocycles. The molecule has 176 valence electrons. The molecule has 0 spiro atoms. The van der Waals surface area contributed by atoms with Gasteiger partial charge in [-0.25, -0.2) is 0 Å². The van der Waals surface area contributed by atoms with E-state index in [4.69, 9.17) is 9.47 Å². The number of hydrogen-bond donors (Lipinski definition) is 0. The molecule has 0 bridgehead atoms. The maximum absolute atomic E-state index is 13.2. The first-order valence-electron chi connectivity index (χ1n) is 11.8. The molecule has 0 saturated carbocycles. The second-order valence-corrected chi connectivity index (χ2v) is 9.91. The van der Waals surface area contributed by atoms with E-state index in [1.807, 2.05) is 35.2 Å². The summed E-state index contributed by atoms with van der Waals surface area (Å²) in [6, 6.07) is 15.6. The summed E-state index contributed by atoms with van der Waals surface area (Å²) >= 11 is 0. The van der Waals surface area contributed by atoms with Crippen LogP contribution >= 0.6 is 0 Å². The second kappa shape index (κ2) is 9.96. The fourth-order valence-electron chi connectivity index (χ4n) is 4.53. The van der Waals surface area contributed by atoms with E-state index in [9.17, 15) is 9.59 Å². The zero-order valence-electron chi connectivity index (χ0n) is 19.9. The number of Topliss-reactive ketones (excluding diaryl/α,β-unsaturated/α-hetero) is 1. The lowest BCUT2D eigenvalue weighted by Crippen LogP contribution is -2.50. The highest BCUT2D eigenvalue weighted by Crippen LogP contribution is 2.32. The summed E-state index contributed by atoms with van der Waals surface area (Å²) in [5.74, 6) is 1.60. The van der Waals surface area contributed by atoms with Crippen molar-refractivity contribution in [3.8, 4) is 11.5 Å². The molecule has 0 N–H and O–H groups in total. The number of carbonyl (C=O) groups is 2. The van der Waals surface area contributed by atoms with E-state index >= 15 is 0 Å². The van der Waals surface area contributed by atoms with E-state index < -0.39 is 0 Å². The maximum Gasteiger partial charge on any atom is 0.237 e. The van der Waals surface area contributed by atoms with Crippen LogP contribution in [0.25, 0.3) is 0 Å². The van der Waals surface area contributed by atoms with Crippen LogP contribution in [0.5, 0.6) is 11.5 Å². The topological polar surface area (TPSA) is 59.1 Å². The predicted octanol–water partition coefficient (Wildman–Crippen LogP) is 4.18. The average molecular weight is 451 g/mol. The van der Waals surface area contributed by atoms with E-state index in [0.29, 0.717) is 43.4 Å². The lowest BCUT2D eigenvalue weighted by molar-refractivity contribution is -0.138. The Balaban J connectivity index is 1.33. The minimum absolute atomic E-state index is 0.0260. The molecular weight excluding hydrogens is 416 g/mol. The highest BCUT2D eigenvalue weighted by Gasteiger charge is 2.31. The Morgan fingerprint density at radius 1 is 0.970 bits per heavy atom. The Labute approximate surface area is 196 Å². The molecule has 4 rings (SSSR count). The number of fused-ring (bicyclic) bond motifs is 1. The number of nitrogens with zero attached hydrogens (tertiary/aromatic N) is 2. The molecule has 6 heteroatoms. The van der Waals surface area contributed by atoms with Crippen LogP contribution in [-0.4, -0.2) is 59.9 Å². The zero-order chi connectivity index (χ0) is 23.4. The summed E-state index contributed by atoms with van der Waals surface area (Å²) in [6.45, 7) is 9.75. The predicted molar refractivity (Wildman–Crippen MR) is 128 cm³/mol. The van der Waals surface area contributed by atoms with Gasteiger partial charge in [0.1, 0.15) is 13.2 Å². The van der Waals surface area contributed by atoms with Gasteiger partial charge >= 0.3 is 0 Å². The van der Waals surface area contributed by atoms with Gasteiger partial charge in [0.05, 0.1) is 6.54 Å². The van der Waals surface area contributed by atoms with Gasteiger partial charge in [-0.15, -0.1) is 0 Å². The lowest BCUT2D eigenvalue weighted by atomic mass is 9.88. The van der Waals surface area contributed by atoms with Crippen LogP contribution in [0.2, 0.25) is 0 Å². The van der Waals surface area contributed by atoms with Crippen LogP contribution in [0, 0.1) is 5.92 Å². The Hall–Kier alpha value is -2.86. The van der Waals surface area contributed by atoms with E-state index in [1.165, 1.54) is 0 Å². The molecule has 0 unspecified atom stereocenters. The first-order chi connectivity index (χ1) is 15.8. The van der Waals surface area contributed by atoms with Crippen LogP contribution < -0.4 is 9.47 Å². The number of piperidine rings is 1. The molecule has 2 aromatic rings. The number of ether oxygens (including phenoxy) is 2. The van der Waals surface area contributed by atoms with Crippen molar-refractivity contribution in [1.29, 1.82) is 0 Å². The molecule has 2 heterocycles. The van der Waals surface area contributed by atoms with E-state index in [1.54, 1.807) is 6.07 Å². The standard InChI is InChI=1S/C27H34N2O4/c1-27(2,3)29(18-20-7-5-4-6-8-20)25(30)19-28-13-11-21(12-14-28)26(31)22-9-10-23-24(17-22)33-16-15-32-23/h4-10,17,21H,11-16,18-19H2,1-3H3. The summed E-state index contributed by atoms with van der Waals surface area (Å²) in [6.07, 6.45) is 1.52. The normalized spacial score (nSPS) is 16.9. The number of ketones is 1. The van der Waals surface area contributed by atoms with Crippen molar-refractivity contribution in [3.63, 3.8) is 0 Å². The van der Waals surface area contributed by atoms with Crippen LogP contribution in [0.15, 0.2) is 48.5 Å². The first-order valence-corrected chi connectivity index (χ1v) is 11.8. The van der Waals surface area contributed by atoms with Gasteiger partial charge in [0, 0.05) is 23.6 Å². The highest BCUT2D eigenvalue weighted by molar-refractivity contribution is 5.98. The minimum Gasteiger partial charge on any atom is -0.486 e. The third-order valence-corrected chi connectivity index (χ3v) is 6.44. The smallest absolute Gasteiger partial charge is 0.237 e. The molecule has 2 aliphatic rings. The Bertz CT molecular complexity index is 975. The van der Waals surface area contributed by atoms with Gasteiger partial charge in [0.25, 0.3) is 0 Å². The molecule has 1 fully saturated rings. The lowest BCUT2D eigenvalue weighted by Gasteiger charge is -2.38. The molecule has 0 aliphatic carbocycles. The number of rotatable bonds is 6. The van der Waals surface area contributed by atoms with Gasteiger partial charge < -0.3 is 14.4 Å². The largest absolute Gasteiger partial charge is 0.486 e. The van der Waals surface area contributed by atoms with Crippen molar-refractivity contribution in [2.24, 2.45) is 5.92 Å².